The maximum absolute atomic E-state index is 6.28. The van der Waals surface area contributed by atoms with Crippen LogP contribution in [0.5, 0.6) is 0 Å². The molecule has 1 N–H and O–H groups in total. The van der Waals surface area contributed by atoms with Crippen LogP contribution in [0.25, 0.3) is 106 Å². The number of fused-ring (bicyclic) bond motifs is 15. The van der Waals surface area contributed by atoms with E-state index in [4.69, 9.17) is 28.2 Å². The van der Waals surface area contributed by atoms with Gasteiger partial charge in [0.2, 0.25) is 5.95 Å². The monoisotopic (exact) mass is 1770 g/mol. The highest BCUT2D eigenvalue weighted by molar-refractivity contribution is 9.10. The number of anilines is 8. The summed E-state index contributed by atoms with van der Waals surface area (Å²) in [6.45, 7) is 0. The third-order valence-corrected chi connectivity index (χ3v) is 38.5. The van der Waals surface area contributed by atoms with E-state index in [0.29, 0.717) is 10.7 Å². The molecule has 103 heavy (non-hydrogen) atoms. The second kappa shape index (κ2) is 35.7. The average Bonchev–Trinajstić information content (AvgIpc) is 1.68. The van der Waals surface area contributed by atoms with Crippen molar-refractivity contribution in [3.8, 4) is 0 Å². The number of hydrogen-bond acceptors (Lipinski definition) is 18. The number of aromatic nitrogens is 6. The van der Waals surface area contributed by atoms with Crippen LogP contribution in [0.15, 0.2) is 278 Å². The molecule has 9 aromatic carbocycles. The Morgan fingerprint density at radius 3 is 1.31 bits per heavy atom. The van der Waals surface area contributed by atoms with Crippen LogP contribution >= 0.6 is 54.5 Å². The summed E-state index contributed by atoms with van der Waals surface area (Å²) in [4.78, 5) is 33.9. The number of nitrogens with one attached hydrogen (secondary N) is 1. The van der Waals surface area contributed by atoms with Crippen molar-refractivity contribution in [1.29, 1.82) is 0 Å². The van der Waals surface area contributed by atoms with Gasteiger partial charge in [0, 0.05) is 263 Å². The molecule has 512 valence electrons. The molecule has 12 nitrogen and oxygen atoms in total. The summed E-state index contributed by atoms with van der Waals surface area (Å²) in [7, 11) is 16.3. The minimum Gasteiger partial charge on any atom is -0.456 e. The van der Waals surface area contributed by atoms with E-state index in [1.54, 1.807) is 93.7 Å². The Morgan fingerprint density at radius 1 is 0.350 bits per heavy atom. The van der Waals surface area contributed by atoms with Gasteiger partial charge in [0.05, 0.1) is 11.4 Å². The predicted molar refractivity (Wildman–Crippen MR) is 478 cm³/mol. The number of halogens is 2. The Labute approximate surface area is 662 Å². The molecular weight excluding hydrogens is 1720 g/mol. The van der Waals surface area contributed by atoms with Gasteiger partial charge in [0.1, 0.15) is 53.6 Å². The molecule has 30 heteroatoms. The normalized spacial score (nSPS) is 10.7. The maximum atomic E-state index is 6.28. The van der Waals surface area contributed by atoms with Gasteiger partial charge in [-0.15, -0.1) is 22.7 Å². The molecule has 0 atom stereocenters. The molecule has 0 unspecified atom stereocenters. The standard InChI is InChI=1S/C45H27N5O2S.C18H13NO.C9H3Br2N3S.CH4.S12.S2/c1-3-11-28(12-4-1)49(30-19-21-34-32-15-7-9-17-38(32)51-40(34)23-30)43-25-42-36(26-46-43)37-27-47-45(48-44(37)53-42)50(29-13-5-2-6-14-29)31-20-22-35-33-16-8-10-18-39(33)52-41(35)24-31;1-2-6-13(7-3-1)19-14-10-11-16-15-8-4-5-9-17(15)20-18(16)12-14;10-7-1-6-4(2-12-7)5-3-13-9(11)14-8(5)15-6;;1-3-5-7-9-11-12-10-8-6-4-2;1-2/h1-27H;1-12,19H;1-3H;1H4;;. The Hall–Kier alpha value is -7.28. The van der Waals surface area contributed by atoms with E-state index in [1.165, 1.54) is 22.5 Å². The number of benzene rings is 9. The summed E-state index contributed by atoms with van der Waals surface area (Å²) in [6, 6.07) is 78.0. The number of furan rings is 3. The lowest BCUT2D eigenvalue weighted by atomic mass is 10.1. The topological polar surface area (TPSA) is 135 Å². The van der Waals surface area contributed by atoms with Crippen LogP contribution in [-0.4, -0.2) is 29.9 Å². The molecule has 0 radical (unpaired) electrons. The smallest absolute Gasteiger partial charge is 0.235 e. The minimum absolute atomic E-state index is 0. The number of para-hydroxylation sites is 6. The average molecular weight is 1770 g/mol. The highest BCUT2D eigenvalue weighted by atomic mass is 79.9. The van der Waals surface area contributed by atoms with Crippen molar-refractivity contribution in [3.63, 3.8) is 0 Å². The molecule has 9 heterocycles. The van der Waals surface area contributed by atoms with Crippen molar-refractivity contribution >= 4 is 340 Å². The third-order valence-electron chi connectivity index (χ3n) is 15.5. The lowest BCUT2D eigenvalue weighted by Gasteiger charge is -2.24. The zero-order valence-corrected chi connectivity index (χ0v) is 68.1. The van der Waals surface area contributed by atoms with E-state index < -0.39 is 0 Å². The van der Waals surface area contributed by atoms with E-state index in [1.807, 2.05) is 158 Å². The molecule has 9 aromatic heterocycles. The lowest BCUT2D eigenvalue weighted by Crippen LogP contribution is -2.13. The molecule has 0 spiro atoms. The van der Waals surface area contributed by atoms with Crippen LogP contribution in [-0.2, 0) is 134 Å². The number of nitrogens with zero attached hydrogens (tertiary/aromatic N) is 8. The van der Waals surface area contributed by atoms with Crippen LogP contribution < -0.4 is 15.1 Å². The van der Waals surface area contributed by atoms with Crippen molar-refractivity contribution in [3.05, 3.63) is 265 Å². The van der Waals surface area contributed by atoms with Gasteiger partial charge in [-0.2, -0.15) is 0 Å². The molecule has 18 rings (SSSR count). The number of pyridine rings is 2. The first-order chi connectivity index (χ1) is 50.3. The van der Waals surface area contributed by atoms with Crippen LogP contribution in [0.2, 0.25) is 0 Å². The van der Waals surface area contributed by atoms with E-state index in [-0.39, 0.29) is 7.43 Å². The van der Waals surface area contributed by atoms with Crippen LogP contribution in [0.1, 0.15) is 7.43 Å². The van der Waals surface area contributed by atoms with E-state index in [9.17, 15) is 0 Å². The second-order valence-corrected chi connectivity index (χ2v) is 42.6. The first kappa shape index (κ1) is 74.0. The van der Waals surface area contributed by atoms with Gasteiger partial charge in [-0.25, -0.2) is 29.9 Å². The Morgan fingerprint density at radius 2 is 0.767 bits per heavy atom. The molecule has 0 amide bonds. The van der Waals surface area contributed by atoms with Gasteiger partial charge < -0.3 is 18.6 Å². The molecule has 0 fully saturated rings. The van der Waals surface area contributed by atoms with Crippen LogP contribution in [0, 0.1) is 0 Å². The predicted octanol–water partition coefficient (Wildman–Crippen LogP) is 22.7. The fourth-order valence-electron chi connectivity index (χ4n) is 11.3. The fourth-order valence-corrected chi connectivity index (χ4v) is 36.3. The largest absolute Gasteiger partial charge is 0.456 e. The maximum Gasteiger partial charge on any atom is 0.235 e. The van der Waals surface area contributed by atoms with Crippen molar-refractivity contribution in [2.45, 2.75) is 7.43 Å². The van der Waals surface area contributed by atoms with Gasteiger partial charge in [0.25, 0.3) is 0 Å². The number of thiophene rings is 2. The molecular formula is C73H47Br2N9O3S16. The van der Waals surface area contributed by atoms with Crippen molar-refractivity contribution in [2.24, 2.45) is 0 Å². The van der Waals surface area contributed by atoms with Gasteiger partial charge in [-0.1, -0.05) is 117 Å². The van der Waals surface area contributed by atoms with Gasteiger partial charge in [-0.3, -0.25) is 9.80 Å². The first-order valence-electron chi connectivity index (χ1n) is 30.1. The fraction of sp³-hybridized carbons (Fsp3) is 0.0137. The summed E-state index contributed by atoms with van der Waals surface area (Å²) in [6.07, 6.45) is 7.51. The SMILES string of the molecule is Brc1cc2sc3nc(Br)ncc3c2cn1.C.S=S.S=S=S=S=S=S=S=S=S=S=S=S.c1ccc(N(c2ccc3c(c2)oc2ccccc23)c2cc3sc4nc(N(c5ccccc5)c5ccc6c(c5)oc5ccccc56)ncc4c3cn2)cc1.c1ccc(Nc2ccc3c(c2)oc2ccccc23)cc1. The minimum atomic E-state index is 0. The van der Waals surface area contributed by atoms with E-state index in [2.05, 4.69) is 204 Å². The molecule has 0 aliphatic heterocycles. The van der Waals surface area contributed by atoms with Crippen molar-refractivity contribution < 1.29 is 13.3 Å². The molecule has 0 saturated carbocycles. The van der Waals surface area contributed by atoms with Crippen LogP contribution in [0.4, 0.5) is 45.9 Å². The Kier molecular flexibility index (Phi) is 25.6. The molecule has 18 aromatic rings. The van der Waals surface area contributed by atoms with Crippen molar-refractivity contribution in [2.75, 3.05) is 15.1 Å². The molecule has 0 aliphatic rings. The lowest BCUT2D eigenvalue weighted by molar-refractivity contribution is 0.668. The number of hydrogen-bond donors (Lipinski definition) is 1. The highest BCUT2D eigenvalue weighted by Gasteiger charge is 2.22. The van der Waals surface area contributed by atoms with Crippen molar-refractivity contribution in [1.82, 2.24) is 29.9 Å². The summed E-state index contributed by atoms with van der Waals surface area (Å²) >= 11 is 26.6. The summed E-state index contributed by atoms with van der Waals surface area (Å²) < 4.78 is 22.1. The summed E-state index contributed by atoms with van der Waals surface area (Å²) in [5.41, 5.74) is 11.1. The third kappa shape index (κ3) is 17.2. The van der Waals surface area contributed by atoms with E-state index >= 15 is 0 Å². The van der Waals surface area contributed by atoms with Crippen LogP contribution in [0.3, 0.4) is 0 Å². The summed E-state index contributed by atoms with van der Waals surface area (Å²) in [5.74, 6) is 1.37. The van der Waals surface area contributed by atoms with E-state index in [0.717, 1.165) is 146 Å². The van der Waals surface area contributed by atoms with Gasteiger partial charge in [0.15, 0.2) is 4.73 Å². The summed E-state index contributed by atoms with van der Waals surface area (Å²) in [5, 5.41) is 14.2. The molecule has 0 bridgehead atoms. The number of rotatable bonds is 8. The second-order valence-electron chi connectivity index (χ2n) is 21.4. The zero-order valence-electron chi connectivity index (χ0n) is 51.8. The Bertz CT molecular complexity index is 6330. The van der Waals surface area contributed by atoms with Gasteiger partial charge >= 0.3 is 0 Å². The Balaban J connectivity index is 0.000000153. The van der Waals surface area contributed by atoms with Gasteiger partial charge in [-0.05, 0) is 135 Å². The first-order valence-corrected chi connectivity index (χ1v) is 49.3. The molecule has 0 aliphatic carbocycles. The highest BCUT2D eigenvalue weighted by Crippen LogP contribution is 2.43. The molecule has 0 saturated heterocycles. The quantitative estimate of drug-likeness (QED) is 0.114. The zero-order chi connectivity index (χ0) is 69.7.